The Morgan fingerprint density at radius 3 is 2.62 bits per heavy atom. The van der Waals surface area contributed by atoms with Gasteiger partial charge < -0.3 is 14.6 Å². The van der Waals surface area contributed by atoms with Crippen LogP contribution >= 0.6 is 23.2 Å². The predicted molar refractivity (Wildman–Crippen MR) is 89.7 cm³/mol. The lowest BCUT2D eigenvalue weighted by atomic mass is 10.2. The zero-order valence-electron chi connectivity index (χ0n) is 12.5. The fraction of sp³-hybridized carbons (Fsp3) is 0.250. The summed E-state index contributed by atoms with van der Waals surface area (Å²) in [6, 6.07) is 8.57. The third-order valence-electron chi connectivity index (χ3n) is 3.52. The molecule has 1 aliphatic heterocycles. The highest BCUT2D eigenvalue weighted by Crippen LogP contribution is 2.26. The molecule has 0 aliphatic carbocycles. The summed E-state index contributed by atoms with van der Waals surface area (Å²) >= 11 is 12.2. The van der Waals surface area contributed by atoms with E-state index in [-0.39, 0.29) is 19.8 Å². The van der Waals surface area contributed by atoms with Gasteiger partial charge in [-0.2, -0.15) is 0 Å². The van der Waals surface area contributed by atoms with Crippen LogP contribution in [0.4, 0.5) is 10.6 Å². The van der Waals surface area contributed by atoms with Gasteiger partial charge in [0.1, 0.15) is 24.3 Å². The van der Waals surface area contributed by atoms with E-state index in [1.165, 1.54) is 11.1 Å². The fourth-order valence-corrected chi connectivity index (χ4v) is 2.75. The van der Waals surface area contributed by atoms with Crippen molar-refractivity contribution in [3.05, 3.63) is 52.1 Å². The molecule has 2 heterocycles. The van der Waals surface area contributed by atoms with Gasteiger partial charge in [0.2, 0.25) is 0 Å². The van der Waals surface area contributed by atoms with Crippen LogP contribution in [0.1, 0.15) is 5.56 Å². The van der Waals surface area contributed by atoms with Crippen LogP contribution in [0.3, 0.4) is 0 Å². The number of halogens is 2. The van der Waals surface area contributed by atoms with Gasteiger partial charge in [0.15, 0.2) is 0 Å². The first-order valence-corrected chi connectivity index (χ1v) is 7.95. The molecule has 1 N–H and O–H groups in total. The monoisotopic (exact) mass is 368 g/mol. The molecule has 24 heavy (non-hydrogen) atoms. The molecule has 1 amide bonds. The van der Waals surface area contributed by atoms with E-state index in [1.807, 2.05) is 0 Å². The second-order valence-electron chi connectivity index (χ2n) is 5.14. The molecule has 126 valence electrons. The first-order chi connectivity index (χ1) is 11.6. The first kappa shape index (κ1) is 16.8. The van der Waals surface area contributed by atoms with E-state index < -0.39 is 12.2 Å². The third-order valence-corrected chi connectivity index (χ3v) is 4.23. The predicted octanol–water partition coefficient (Wildman–Crippen LogP) is 3.28. The van der Waals surface area contributed by atoms with Crippen molar-refractivity contribution in [2.24, 2.45) is 0 Å². The van der Waals surface area contributed by atoms with Gasteiger partial charge in [0, 0.05) is 15.6 Å². The van der Waals surface area contributed by atoms with Crippen LogP contribution in [-0.4, -0.2) is 35.4 Å². The Balaban J connectivity index is 1.66. The molecule has 1 aromatic carbocycles. The Hall–Kier alpha value is -2.02. The van der Waals surface area contributed by atoms with Crippen LogP contribution in [0.5, 0.6) is 5.75 Å². The molecular formula is C16H14Cl2N2O4. The Labute approximate surface area is 148 Å². The molecule has 1 aliphatic rings. The van der Waals surface area contributed by atoms with Crippen LogP contribution in [0.25, 0.3) is 0 Å². The number of aliphatic hydroxyl groups excluding tert-OH is 1. The number of benzene rings is 1. The van der Waals surface area contributed by atoms with Crippen LogP contribution < -0.4 is 9.64 Å². The maximum Gasteiger partial charge on any atom is 0.416 e. The molecular weight excluding hydrogens is 355 g/mol. The minimum atomic E-state index is -0.530. The molecule has 1 atom stereocenters. The second-order valence-corrected chi connectivity index (χ2v) is 5.95. The van der Waals surface area contributed by atoms with Gasteiger partial charge in [0.25, 0.3) is 0 Å². The molecule has 2 aromatic rings. The number of nitrogens with zero attached hydrogens (tertiary/aromatic N) is 2. The molecule has 0 radical (unpaired) electrons. The lowest BCUT2D eigenvalue weighted by molar-refractivity contribution is 0.0963. The van der Waals surface area contributed by atoms with Crippen LogP contribution in [0.2, 0.25) is 10.0 Å². The summed E-state index contributed by atoms with van der Waals surface area (Å²) in [5, 5.41) is 10.1. The molecule has 8 heteroatoms. The normalized spacial score (nSPS) is 17.0. The Bertz CT molecular complexity index is 719. The van der Waals surface area contributed by atoms with Gasteiger partial charge in [0.05, 0.1) is 19.3 Å². The smallest absolute Gasteiger partial charge is 0.416 e. The fourth-order valence-electron chi connectivity index (χ4n) is 2.25. The highest BCUT2D eigenvalue weighted by atomic mass is 35.5. The summed E-state index contributed by atoms with van der Waals surface area (Å²) in [6.07, 6.45) is 0.440. The minimum absolute atomic E-state index is 0.206. The first-order valence-electron chi connectivity index (χ1n) is 7.19. The standard InChI is InChI=1S/C16H14Cl2N2O4/c17-13-2-1-3-14(18)12(13)9-23-10-4-5-15(19-6-10)20-7-11(8-21)24-16(20)22/h1-6,11,21H,7-9H2. The molecule has 1 saturated heterocycles. The van der Waals surface area contributed by atoms with Crippen molar-refractivity contribution in [3.8, 4) is 5.75 Å². The van der Waals surface area contributed by atoms with Crippen molar-refractivity contribution in [2.75, 3.05) is 18.1 Å². The maximum atomic E-state index is 11.7. The minimum Gasteiger partial charge on any atom is -0.487 e. The number of ether oxygens (including phenoxy) is 2. The molecule has 1 unspecified atom stereocenters. The summed E-state index contributed by atoms with van der Waals surface area (Å²) in [7, 11) is 0. The quantitative estimate of drug-likeness (QED) is 0.876. The molecule has 1 aromatic heterocycles. The van der Waals surface area contributed by atoms with Gasteiger partial charge in [-0.3, -0.25) is 4.90 Å². The van der Waals surface area contributed by atoms with Crippen molar-refractivity contribution in [1.82, 2.24) is 4.98 Å². The summed E-state index contributed by atoms with van der Waals surface area (Å²) in [4.78, 5) is 17.3. The van der Waals surface area contributed by atoms with E-state index in [1.54, 1.807) is 30.3 Å². The van der Waals surface area contributed by atoms with E-state index >= 15 is 0 Å². The number of hydrogen-bond acceptors (Lipinski definition) is 5. The number of amides is 1. The third kappa shape index (κ3) is 3.56. The molecule has 0 bridgehead atoms. The molecule has 0 spiro atoms. The van der Waals surface area contributed by atoms with Crippen LogP contribution in [-0.2, 0) is 11.3 Å². The van der Waals surface area contributed by atoms with E-state index in [4.69, 9.17) is 37.8 Å². The molecule has 1 fully saturated rings. The number of carbonyl (C=O) groups excluding carboxylic acids is 1. The number of aromatic nitrogens is 1. The number of rotatable bonds is 5. The van der Waals surface area contributed by atoms with Gasteiger partial charge in [-0.15, -0.1) is 0 Å². The Morgan fingerprint density at radius 1 is 1.29 bits per heavy atom. The van der Waals surface area contributed by atoms with E-state index in [0.29, 0.717) is 27.2 Å². The van der Waals surface area contributed by atoms with E-state index in [9.17, 15) is 4.79 Å². The molecule has 0 saturated carbocycles. The zero-order chi connectivity index (χ0) is 17.1. The van der Waals surface area contributed by atoms with Crippen molar-refractivity contribution < 1.29 is 19.4 Å². The van der Waals surface area contributed by atoms with Gasteiger partial charge in [-0.25, -0.2) is 9.78 Å². The van der Waals surface area contributed by atoms with Gasteiger partial charge in [-0.1, -0.05) is 29.3 Å². The van der Waals surface area contributed by atoms with Crippen molar-refractivity contribution in [1.29, 1.82) is 0 Å². The molecule has 3 rings (SSSR count). The van der Waals surface area contributed by atoms with Crippen LogP contribution in [0, 0.1) is 0 Å². The number of cyclic esters (lactones) is 1. The topological polar surface area (TPSA) is 71.9 Å². The Kier molecular flexibility index (Phi) is 5.08. The van der Waals surface area contributed by atoms with E-state index in [2.05, 4.69) is 4.98 Å². The number of carbonyl (C=O) groups is 1. The van der Waals surface area contributed by atoms with Crippen LogP contribution in [0.15, 0.2) is 36.5 Å². The lowest BCUT2D eigenvalue weighted by Gasteiger charge is -2.13. The number of pyridine rings is 1. The van der Waals surface area contributed by atoms with Crippen molar-refractivity contribution in [2.45, 2.75) is 12.7 Å². The van der Waals surface area contributed by atoms with Gasteiger partial charge in [-0.05, 0) is 24.3 Å². The highest BCUT2D eigenvalue weighted by Gasteiger charge is 2.32. The number of anilines is 1. The Morgan fingerprint density at radius 2 is 2.04 bits per heavy atom. The summed E-state index contributed by atoms with van der Waals surface area (Å²) < 4.78 is 10.6. The lowest BCUT2D eigenvalue weighted by Crippen LogP contribution is -2.26. The van der Waals surface area contributed by atoms with E-state index in [0.717, 1.165) is 0 Å². The molecule has 6 nitrogen and oxygen atoms in total. The summed E-state index contributed by atoms with van der Waals surface area (Å²) in [6.45, 7) is 0.248. The van der Waals surface area contributed by atoms with Crippen molar-refractivity contribution >= 4 is 35.1 Å². The highest BCUT2D eigenvalue weighted by molar-refractivity contribution is 6.35. The average molecular weight is 369 g/mol. The zero-order valence-corrected chi connectivity index (χ0v) is 14.0. The maximum absolute atomic E-state index is 11.7. The SMILES string of the molecule is O=C1OC(CO)CN1c1ccc(OCc2c(Cl)cccc2Cl)cn1. The van der Waals surface area contributed by atoms with Crippen molar-refractivity contribution in [3.63, 3.8) is 0 Å². The second kappa shape index (κ2) is 7.25. The van der Waals surface area contributed by atoms with Gasteiger partial charge >= 0.3 is 6.09 Å². The summed E-state index contributed by atoms with van der Waals surface area (Å²) in [5.74, 6) is 0.945. The average Bonchev–Trinajstić information content (AvgIpc) is 2.96. The number of aliphatic hydroxyl groups is 1. The largest absolute Gasteiger partial charge is 0.487 e. The number of hydrogen-bond donors (Lipinski definition) is 1. The summed E-state index contributed by atoms with van der Waals surface area (Å²) in [5.41, 5.74) is 0.693.